The van der Waals surface area contributed by atoms with E-state index in [2.05, 4.69) is 70.3 Å². The highest BCUT2D eigenvalue weighted by Crippen LogP contribution is 2.46. The lowest BCUT2D eigenvalue weighted by molar-refractivity contribution is -0.118. The van der Waals surface area contributed by atoms with Gasteiger partial charge in [-0.25, -0.2) is 0 Å². The molecule has 0 fully saturated rings. The Hall–Kier alpha value is -2.34. The minimum Gasteiger partial charge on any atom is -0.361 e. The van der Waals surface area contributed by atoms with E-state index in [4.69, 9.17) is 0 Å². The van der Waals surface area contributed by atoms with E-state index in [-0.39, 0.29) is 22.5 Å². The quantitative estimate of drug-likeness (QED) is 0.767. The molecule has 0 bridgehead atoms. The van der Waals surface area contributed by atoms with Crippen LogP contribution in [0.15, 0.2) is 46.8 Å². The Kier molecular flexibility index (Phi) is 4.35. The molecule has 3 rings (SSSR count). The fourth-order valence-electron chi connectivity index (χ4n) is 4.09. The molecule has 1 aromatic rings. The van der Waals surface area contributed by atoms with E-state index in [0.29, 0.717) is 12.0 Å². The number of ketones is 1. The standard InChI is InChI=1S/C23H28N2O/c1-14-17(13-24)20(15-7-9-16(10-8-15)22(2,3)4)21-18(25-14)11-23(5,6)12-19(21)26/h7-10,20,25H,11-12H2,1-6H3. The van der Waals surface area contributed by atoms with Gasteiger partial charge in [-0.15, -0.1) is 0 Å². The Bertz CT molecular complexity index is 855. The fourth-order valence-corrected chi connectivity index (χ4v) is 4.09. The van der Waals surface area contributed by atoms with Crippen LogP contribution in [0.5, 0.6) is 0 Å². The number of allylic oxidation sites excluding steroid dienone is 4. The number of hydrogen-bond acceptors (Lipinski definition) is 3. The average Bonchev–Trinajstić information content (AvgIpc) is 2.51. The molecule has 1 heterocycles. The SMILES string of the molecule is CC1=C(C#N)C(c2ccc(C(C)(C)C)cc2)C2=C(CC(C)(C)CC2=O)N1. The van der Waals surface area contributed by atoms with Crippen LogP contribution in [0.1, 0.15) is 71.4 Å². The maximum Gasteiger partial charge on any atom is 0.162 e. The fraction of sp³-hybridized carbons (Fsp3) is 0.478. The predicted octanol–water partition coefficient (Wildman–Crippen LogP) is 5.11. The third-order valence-electron chi connectivity index (χ3n) is 5.47. The van der Waals surface area contributed by atoms with E-state index < -0.39 is 0 Å². The van der Waals surface area contributed by atoms with Crippen LogP contribution in [0.2, 0.25) is 0 Å². The number of carbonyl (C=O) groups is 1. The Morgan fingerprint density at radius 2 is 1.77 bits per heavy atom. The van der Waals surface area contributed by atoms with Crippen LogP contribution in [0.4, 0.5) is 0 Å². The molecule has 1 unspecified atom stereocenters. The van der Waals surface area contributed by atoms with Crippen LogP contribution < -0.4 is 5.32 Å². The van der Waals surface area contributed by atoms with Gasteiger partial charge in [0.1, 0.15) is 0 Å². The zero-order valence-corrected chi connectivity index (χ0v) is 16.7. The lowest BCUT2D eigenvalue weighted by Gasteiger charge is -2.38. The van der Waals surface area contributed by atoms with Gasteiger partial charge in [0.25, 0.3) is 0 Å². The minimum atomic E-state index is -0.256. The molecule has 1 atom stereocenters. The predicted molar refractivity (Wildman–Crippen MR) is 104 cm³/mol. The van der Waals surface area contributed by atoms with Crippen molar-refractivity contribution < 1.29 is 4.79 Å². The van der Waals surface area contributed by atoms with Gasteiger partial charge in [-0.3, -0.25) is 4.79 Å². The number of carbonyl (C=O) groups excluding carboxylic acids is 1. The summed E-state index contributed by atoms with van der Waals surface area (Å²) < 4.78 is 0. The Morgan fingerprint density at radius 1 is 1.15 bits per heavy atom. The van der Waals surface area contributed by atoms with Gasteiger partial charge >= 0.3 is 0 Å². The largest absolute Gasteiger partial charge is 0.361 e. The van der Waals surface area contributed by atoms with E-state index in [1.54, 1.807) is 0 Å². The van der Waals surface area contributed by atoms with Crippen molar-refractivity contribution in [2.24, 2.45) is 5.41 Å². The summed E-state index contributed by atoms with van der Waals surface area (Å²) in [6.07, 6.45) is 1.36. The van der Waals surface area contributed by atoms with Crippen molar-refractivity contribution in [3.63, 3.8) is 0 Å². The average molecular weight is 348 g/mol. The first-order chi connectivity index (χ1) is 12.0. The summed E-state index contributed by atoms with van der Waals surface area (Å²) in [4.78, 5) is 13.0. The van der Waals surface area contributed by atoms with E-state index in [9.17, 15) is 10.1 Å². The monoisotopic (exact) mass is 348 g/mol. The second-order valence-electron chi connectivity index (χ2n) is 9.41. The molecule has 0 amide bonds. The first kappa shape index (κ1) is 18.5. The first-order valence-corrected chi connectivity index (χ1v) is 9.28. The second-order valence-corrected chi connectivity index (χ2v) is 9.41. The topological polar surface area (TPSA) is 52.9 Å². The van der Waals surface area contributed by atoms with Gasteiger partial charge in [0, 0.05) is 23.4 Å². The van der Waals surface area contributed by atoms with Gasteiger partial charge in [-0.05, 0) is 35.3 Å². The molecule has 0 saturated carbocycles. The van der Waals surface area contributed by atoms with E-state index in [1.165, 1.54) is 5.56 Å². The number of nitriles is 1. The molecular weight excluding hydrogens is 320 g/mol. The molecule has 0 aromatic heterocycles. The van der Waals surface area contributed by atoms with E-state index in [1.807, 2.05) is 6.92 Å². The van der Waals surface area contributed by atoms with Crippen molar-refractivity contribution in [2.45, 2.75) is 65.7 Å². The zero-order valence-electron chi connectivity index (χ0n) is 16.7. The molecule has 1 aromatic carbocycles. The van der Waals surface area contributed by atoms with Crippen LogP contribution in [0.25, 0.3) is 0 Å². The maximum absolute atomic E-state index is 13.0. The first-order valence-electron chi connectivity index (χ1n) is 9.28. The number of nitrogens with one attached hydrogen (secondary N) is 1. The van der Waals surface area contributed by atoms with Gasteiger partial charge < -0.3 is 5.32 Å². The van der Waals surface area contributed by atoms with Gasteiger partial charge in [0.15, 0.2) is 5.78 Å². The molecule has 0 radical (unpaired) electrons. The normalized spacial score (nSPS) is 22.7. The van der Waals surface area contributed by atoms with Crippen molar-refractivity contribution in [3.8, 4) is 6.07 Å². The van der Waals surface area contributed by atoms with Crippen LogP contribution in [0.3, 0.4) is 0 Å². The van der Waals surface area contributed by atoms with Crippen molar-refractivity contribution in [1.29, 1.82) is 5.26 Å². The molecule has 0 saturated heterocycles. The lowest BCUT2D eigenvalue weighted by atomic mass is 9.68. The summed E-state index contributed by atoms with van der Waals surface area (Å²) in [7, 11) is 0. The van der Waals surface area contributed by atoms with Crippen LogP contribution in [-0.2, 0) is 10.2 Å². The number of hydrogen-bond donors (Lipinski definition) is 1. The summed E-state index contributed by atoms with van der Waals surface area (Å²) in [5.41, 5.74) is 5.60. The zero-order chi connectivity index (χ0) is 19.3. The van der Waals surface area contributed by atoms with Crippen molar-refractivity contribution in [3.05, 3.63) is 57.9 Å². The van der Waals surface area contributed by atoms with Crippen LogP contribution in [-0.4, -0.2) is 5.78 Å². The van der Waals surface area contributed by atoms with Crippen LogP contribution in [0, 0.1) is 16.7 Å². The number of Topliss-reactive ketones (excluding diaryl/α,β-unsaturated/α-hetero) is 1. The van der Waals surface area contributed by atoms with Crippen molar-refractivity contribution >= 4 is 5.78 Å². The third kappa shape index (κ3) is 3.21. The summed E-state index contributed by atoms with van der Waals surface area (Å²) in [6, 6.07) is 10.8. The maximum atomic E-state index is 13.0. The lowest BCUT2D eigenvalue weighted by Crippen LogP contribution is -2.36. The molecule has 3 heteroatoms. The molecule has 1 aliphatic heterocycles. The highest BCUT2D eigenvalue weighted by Gasteiger charge is 2.41. The smallest absolute Gasteiger partial charge is 0.162 e. The summed E-state index contributed by atoms with van der Waals surface area (Å²) in [6.45, 7) is 12.7. The summed E-state index contributed by atoms with van der Waals surface area (Å²) >= 11 is 0. The number of rotatable bonds is 1. The van der Waals surface area contributed by atoms with E-state index in [0.717, 1.165) is 29.0 Å². The molecule has 1 aliphatic carbocycles. The Morgan fingerprint density at radius 3 is 2.31 bits per heavy atom. The van der Waals surface area contributed by atoms with Gasteiger partial charge in [-0.1, -0.05) is 58.9 Å². The van der Waals surface area contributed by atoms with Crippen molar-refractivity contribution in [2.75, 3.05) is 0 Å². The molecule has 0 spiro atoms. The highest BCUT2D eigenvalue weighted by molar-refractivity contribution is 6.00. The molecule has 2 aliphatic rings. The molecule has 1 N–H and O–H groups in total. The molecule has 26 heavy (non-hydrogen) atoms. The van der Waals surface area contributed by atoms with Gasteiger partial charge in [0.2, 0.25) is 0 Å². The minimum absolute atomic E-state index is 0.0476. The van der Waals surface area contributed by atoms with Gasteiger partial charge in [0.05, 0.1) is 17.6 Å². The number of nitrogens with zero attached hydrogens (tertiary/aromatic N) is 1. The second kappa shape index (κ2) is 6.13. The summed E-state index contributed by atoms with van der Waals surface area (Å²) in [5, 5.41) is 13.1. The summed E-state index contributed by atoms with van der Waals surface area (Å²) in [5.74, 6) is -0.0947. The molecule has 3 nitrogen and oxygen atoms in total. The van der Waals surface area contributed by atoms with Gasteiger partial charge in [-0.2, -0.15) is 5.26 Å². The molecule has 136 valence electrons. The van der Waals surface area contributed by atoms with Crippen LogP contribution >= 0.6 is 0 Å². The van der Waals surface area contributed by atoms with Crippen molar-refractivity contribution in [1.82, 2.24) is 5.32 Å². The third-order valence-corrected chi connectivity index (χ3v) is 5.47. The highest BCUT2D eigenvalue weighted by atomic mass is 16.1. The Labute approximate surface area is 156 Å². The number of benzene rings is 1. The molecular formula is C23H28N2O. The Balaban J connectivity index is 2.12. The van der Waals surface area contributed by atoms with E-state index >= 15 is 0 Å². The number of dihydropyridines is 1.